The quantitative estimate of drug-likeness (QED) is 0.410. The maximum atomic E-state index is 14.3. The van der Waals surface area contributed by atoms with E-state index in [1.54, 1.807) is 6.07 Å². The number of carbonyl (C=O) groups excluding carboxylic acids is 1. The minimum absolute atomic E-state index is 0.0219. The number of amides is 1. The summed E-state index contributed by atoms with van der Waals surface area (Å²) in [6.07, 6.45) is 0.0903. The fourth-order valence-corrected chi connectivity index (χ4v) is 5.55. The van der Waals surface area contributed by atoms with Gasteiger partial charge in [-0.1, -0.05) is 0 Å². The molecule has 1 aromatic carbocycles. The molecule has 3 heterocycles. The molecule has 1 amide bonds. The molecule has 1 aromatic heterocycles. The van der Waals surface area contributed by atoms with Crippen LogP contribution in [0.2, 0.25) is 0 Å². The summed E-state index contributed by atoms with van der Waals surface area (Å²) in [6, 6.07) is 8.45. The van der Waals surface area contributed by atoms with E-state index in [4.69, 9.17) is 0 Å². The summed E-state index contributed by atoms with van der Waals surface area (Å²) in [5, 5.41) is 0. The second-order valence-electron chi connectivity index (χ2n) is 11.0. The number of anilines is 2. The molecule has 11 heteroatoms. The van der Waals surface area contributed by atoms with Gasteiger partial charge in [0.1, 0.15) is 5.82 Å². The van der Waals surface area contributed by atoms with E-state index in [0.29, 0.717) is 44.7 Å². The van der Waals surface area contributed by atoms with Gasteiger partial charge in [0.25, 0.3) is 5.92 Å². The molecule has 5 rings (SSSR count). The number of pyridine rings is 1. The van der Waals surface area contributed by atoms with Gasteiger partial charge in [0, 0.05) is 82.1 Å². The topological polar surface area (TPSA) is 42.9 Å². The number of aromatic nitrogens is 1. The fourth-order valence-electron chi connectivity index (χ4n) is 5.55. The molecule has 0 radical (unpaired) electrons. The molecule has 218 valence electrons. The summed E-state index contributed by atoms with van der Waals surface area (Å²) in [5.74, 6) is -2.58. The molecule has 0 atom stereocenters. The molecule has 3 aliphatic rings. The zero-order chi connectivity index (χ0) is 28.3. The molecule has 2 aliphatic heterocycles. The molecule has 0 N–H and O–H groups in total. The highest BCUT2D eigenvalue weighted by molar-refractivity contribution is 5.76. The van der Waals surface area contributed by atoms with Crippen LogP contribution in [0.4, 0.5) is 33.5 Å². The number of carbonyl (C=O) groups is 1. The molecule has 1 saturated carbocycles. The van der Waals surface area contributed by atoms with Crippen molar-refractivity contribution in [3.63, 3.8) is 0 Å². The molecule has 1 aliphatic carbocycles. The third kappa shape index (κ3) is 6.85. The monoisotopic (exact) mass is 565 g/mol. The van der Waals surface area contributed by atoms with E-state index in [0.717, 1.165) is 69.9 Å². The Morgan fingerprint density at radius 1 is 0.800 bits per heavy atom. The van der Waals surface area contributed by atoms with Gasteiger partial charge in [0.15, 0.2) is 0 Å². The van der Waals surface area contributed by atoms with Crippen LogP contribution in [0.25, 0.3) is 0 Å². The van der Waals surface area contributed by atoms with E-state index in [2.05, 4.69) is 19.7 Å². The lowest BCUT2D eigenvalue weighted by atomic mass is 10.1. The van der Waals surface area contributed by atoms with Crippen molar-refractivity contribution in [3.05, 3.63) is 53.7 Å². The highest BCUT2D eigenvalue weighted by atomic mass is 19.4. The number of alkyl halides is 5. The standard InChI is InChI=1S/C29H36F5N5O/c30-28(31,22-4-5-22)24-8-11-26(35-21-24)38-13-2-14-39(20-19-38)27(40)3-1-12-36-15-17-37(18-16-36)25-9-6-23(7-10-25)29(32,33)34/h6-11,21-22H,1-5,12-20H2. The summed E-state index contributed by atoms with van der Waals surface area (Å²) in [5.41, 5.74) is 0.130. The van der Waals surface area contributed by atoms with Gasteiger partial charge in [-0.25, -0.2) is 13.8 Å². The summed E-state index contributed by atoms with van der Waals surface area (Å²) in [6.45, 7) is 6.43. The number of benzene rings is 1. The Balaban J connectivity index is 1.02. The minimum Gasteiger partial charge on any atom is -0.369 e. The maximum absolute atomic E-state index is 14.3. The third-order valence-electron chi connectivity index (χ3n) is 8.19. The van der Waals surface area contributed by atoms with Crippen LogP contribution >= 0.6 is 0 Å². The van der Waals surface area contributed by atoms with E-state index < -0.39 is 23.6 Å². The Bertz CT molecular complexity index is 1130. The van der Waals surface area contributed by atoms with E-state index in [1.165, 1.54) is 24.4 Å². The van der Waals surface area contributed by atoms with Crippen LogP contribution < -0.4 is 9.80 Å². The number of piperazine rings is 1. The van der Waals surface area contributed by atoms with Crippen molar-refractivity contribution in [2.75, 3.05) is 68.7 Å². The molecule has 0 unspecified atom stereocenters. The molecule has 2 saturated heterocycles. The number of hydrogen-bond donors (Lipinski definition) is 0. The lowest BCUT2D eigenvalue weighted by molar-refractivity contribution is -0.137. The zero-order valence-corrected chi connectivity index (χ0v) is 22.6. The molecule has 40 heavy (non-hydrogen) atoms. The van der Waals surface area contributed by atoms with Gasteiger partial charge in [0.2, 0.25) is 5.91 Å². The summed E-state index contributed by atoms with van der Waals surface area (Å²) in [7, 11) is 0. The largest absolute Gasteiger partial charge is 0.416 e. The summed E-state index contributed by atoms with van der Waals surface area (Å²) in [4.78, 5) is 25.5. The molecule has 6 nitrogen and oxygen atoms in total. The Morgan fingerprint density at radius 2 is 1.48 bits per heavy atom. The predicted octanol–water partition coefficient (Wildman–Crippen LogP) is 5.24. The lowest BCUT2D eigenvalue weighted by Crippen LogP contribution is -2.46. The zero-order valence-electron chi connectivity index (χ0n) is 22.6. The first-order chi connectivity index (χ1) is 19.1. The minimum atomic E-state index is -4.33. The van der Waals surface area contributed by atoms with Gasteiger partial charge in [-0.15, -0.1) is 0 Å². The maximum Gasteiger partial charge on any atom is 0.416 e. The normalized spacial score (nSPS) is 19.6. The van der Waals surface area contributed by atoms with Gasteiger partial charge in [-0.2, -0.15) is 13.2 Å². The Hall–Kier alpha value is -2.95. The van der Waals surface area contributed by atoms with Crippen molar-refractivity contribution in [3.8, 4) is 0 Å². The Morgan fingerprint density at radius 3 is 2.10 bits per heavy atom. The van der Waals surface area contributed by atoms with Crippen molar-refractivity contribution < 1.29 is 26.7 Å². The second-order valence-corrected chi connectivity index (χ2v) is 11.0. The first kappa shape index (κ1) is 28.6. The average molecular weight is 566 g/mol. The van der Waals surface area contributed by atoms with Crippen molar-refractivity contribution in [2.24, 2.45) is 5.92 Å². The van der Waals surface area contributed by atoms with Crippen molar-refractivity contribution >= 4 is 17.4 Å². The number of nitrogens with zero attached hydrogens (tertiary/aromatic N) is 5. The van der Waals surface area contributed by atoms with Crippen LogP contribution in [-0.2, 0) is 16.9 Å². The van der Waals surface area contributed by atoms with Crippen molar-refractivity contribution in [1.29, 1.82) is 0 Å². The van der Waals surface area contributed by atoms with Gasteiger partial charge in [-0.05, 0) is 68.6 Å². The smallest absolute Gasteiger partial charge is 0.369 e. The van der Waals surface area contributed by atoms with Crippen LogP contribution in [0.15, 0.2) is 42.6 Å². The van der Waals surface area contributed by atoms with Gasteiger partial charge >= 0.3 is 6.18 Å². The SMILES string of the molecule is O=C(CCCN1CCN(c2ccc(C(F)(F)F)cc2)CC1)N1CCCN(c2ccc(C(F)(F)C3CC3)cn2)CC1. The van der Waals surface area contributed by atoms with Crippen molar-refractivity contribution in [2.45, 2.75) is 44.2 Å². The van der Waals surface area contributed by atoms with E-state index >= 15 is 0 Å². The van der Waals surface area contributed by atoms with Crippen LogP contribution in [0, 0.1) is 5.92 Å². The summed E-state index contributed by atoms with van der Waals surface area (Å²) >= 11 is 0. The molecule has 0 spiro atoms. The average Bonchev–Trinajstić information content (AvgIpc) is 3.81. The number of rotatable bonds is 8. The summed E-state index contributed by atoms with van der Waals surface area (Å²) < 4.78 is 67.1. The highest BCUT2D eigenvalue weighted by Gasteiger charge is 2.48. The Kier molecular flexibility index (Phi) is 8.49. The second kappa shape index (κ2) is 11.9. The number of hydrogen-bond acceptors (Lipinski definition) is 5. The predicted molar refractivity (Wildman–Crippen MR) is 144 cm³/mol. The molecule has 0 bridgehead atoms. The lowest BCUT2D eigenvalue weighted by Gasteiger charge is -2.36. The van der Waals surface area contributed by atoms with Gasteiger partial charge < -0.3 is 14.7 Å². The molecular weight excluding hydrogens is 529 g/mol. The highest BCUT2D eigenvalue weighted by Crippen LogP contribution is 2.49. The first-order valence-electron chi connectivity index (χ1n) is 14.1. The van der Waals surface area contributed by atoms with Crippen LogP contribution in [-0.4, -0.2) is 79.6 Å². The van der Waals surface area contributed by atoms with Crippen molar-refractivity contribution in [1.82, 2.24) is 14.8 Å². The Labute approximate surface area is 231 Å². The van der Waals surface area contributed by atoms with Crippen LogP contribution in [0.1, 0.15) is 43.2 Å². The third-order valence-corrected chi connectivity index (χ3v) is 8.19. The van der Waals surface area contributed by atoms with Crippen LogP contribution in [0.5, 0.6) is 0 Å². The van der Waals surface area contributed by atoms with E-state index in [1.807, 2.05) is 4.90 Å². The molecule has 3 fully saturated rings. The van der Waals surface area contributed by atoms with E-state index in [-0.39, 0.29) is 11.5 Å². The fraction of sp³-hybridized carbons (Fsp3) is 0.586. The van der Waals surface area contributed by atoms with Gasteiger partial charge in [0.05, 0.1) is 5.56 Å². The first-order valence-corrected chi connectivity index (χ1v) is 14.1. The molecule has 2 aromatic rings. The molecular formula is C29H36F5N5O. The van der Waals surface area contributed by atoms with Crippen LogP contribution in [0.3, 0.4) is 0 Å². The van der Waals surface area contributed by atoms with E-state index in [9.17, 15) is 26.7 Å². The van der Waals surface area contributed by atoms with Gasteiger partial charge in [-0.3, -0.25) is 9.69 Å². The number of halogens is 5.